The normalized spacial score (nSPS) is 15.7. The highest BCUT2D eigenvalue weighted by Crippen LogP contribution is 2.41. The average molecular weight is 278 g/mol. The fourth-order valence-corrected chi connectivity index (χ4v) is 2.24. The maximum Gasteiger partial charge on any atom is 0.229 e. The van der Waals surface area contributed by atoms with Crippen molar-refractivity contribution in [1.82, 2.24) is 5.16 Å². The Morgan fingerprint density at radius 1 is 1.20 bits per heavy atom. The number of hydrogen-bond donors (Lipinski definition) is 1. The number of fused-ring (bicyclic) bond motifs is 1. The van der Waals surface area contributed by atoms with Crippen molar-refractivity contribution in [3.63, 3.8) is 0 Å². The predicted octanol–water partition coefficient (Wildman–Crippen LogP) is 3.12. The molecule has 6 heteroatoms. The zero-order valence-corrected chi connectivity index (χ0v) is 11.1. The number of nitrogens with two attached hydrogens (primary N) is 1. The van der Waals surface area contributed by atoms with Crippen molar-refractivity contribution in [3.8, 4) is 22.6 Å². The average Bonchev–Trinajstić information content (AvgIpc) is 2.72. The van der Waals surface area contributed by atoms with Crippen molar-refractivity contribution in [2.75, 3.05) is 18.9 Å². The first kappa shape index (κ1) is 12.8. The molecular formula is C14H15FN2O3. The molecule has 0 aliphatic carbocycles. The van der Waals surface area contributed by atoms with Crippen LogP contribution in [0.2, 0.25) is 0 Å². The highest BCUT2D eigenvalue weighted by molar-refractivity contribution is 5.77. The van der Waals surface area contributed by atoms with Crippen molar-refractivity contribution >= 4 is 5.88 Å². The molecule has 0 radical (unpaired) electrons. The molecule has 1 aromatic heterocycles. The van der Waals surface area contributed by atoms with Crippen molar-refractivity contribution in [3.05, 3.63) is 23.9 Å². The molecule has 0 bridgehead atoms. The van der Waals surface area contributed by atoms with Gasteiger partial charge in [0, 0.05) is 6.42 Å². The molecule has 1 aliphatic rings. The lowest BCUT2D eigenvalue weighted by molar-refractivity contribution is 0.296. The van der Waals surface area contributed by atoms with Gasteiger partial charge in [0.15, 0.2) is 11.5 Å². The molecule has 1 atom stereocenters. The maximum atomic E-state index is 13.9. The van der Waals surface area contributed by atoms with Crippen LogP contribution in [0, 0.1) is 0 Å². The number of rotatable bonds is 2. The molecule has 0 saturated heterocycles. The summed E-state index contributed by atoms with van der Waals surface area (Å²) in [5.41, 5.74) is 7.37. The van der Waals surface area contributed by atoms with Crippen molar-refractivity contribution in [1.29, 1.82) is 0 Å². The molecule has 1 aliphatic heterocycles. The molecule has 0 amide bonds. The Morgan fingerprint density at radius 3 is 2.50 bits per heavy atom. The van der Waals surface area contributed by atoms with Crippen molar-refractivity contribution < 1.29 is 18.4 Å². The molecule has 0 spiro atoms. The van der Waals surface area contributed by atoms with Crippen LogP contribution in [0.15, 0.2) is 22.9 Å². The summed E-state index contributed by atoms with van der Waals surface area (Å²) in [4.78, 5) is 0. The molecule has 20 heavy (non-hydrogen) atoms. The van der Waals surface area contributed by atoms with Gasteiger partial charge in [-0.15, -0.1) is 0 Å². The highest BCUT2D eigenvalue weighted by Gasteiger charge is 2.21. The SMILES string of the molecule is CC(F)c1cc2c(cc1-c1cnoc1N)OCCCO2. The second-order valence-corrected chi connectivity index (χ2v) is 4.66. The number of anilines is 1. The minimum absolute atomic E-state index is 0.154. The van der Waals surface area contributed by atoms with Gasteiger partial charge in [0.25, 0.3) is 0 Å². The zero-order valence-electron chi connectivity index (χ0n) is 11.1. The van der Waals surface area contributed by atoms with E-state index in [1.54, 1.807) is 12.1 Å². The van der Waals surface area contributed by atoms with Crippen molar-refractivity contribution in [2.24, 2.45) is 0 Å². The number of halogens is 1. The first-order valence-corrected chi connectivity index (χ1v) is 6.45. The van der Waals surface area contributed by atoms with Crippen LogP contribution in [-0.4, -0.2) is 18.4 Å². The first-order valence-electron chi connectivity index (χ1n) is 6.45. The second kappa shape index (κ2) is 5.03. The standard InChI is InChI=1S/C14H15FN2O3/c1-8(15)9-5-12-13(19-4-2-3-18-12)6-10(9)11-7-17-20-14(11)16/h5-8H,2-4,16H2,1H3. The molecule has 2 heterocycles. The summed E-state index contributed by atoms with van der Waals surface area (Å²) in [5, 5.41) is 3.63. The lowest BCUT2D eigenvalue weighted by Crippen LogP contribution is -1.98. The predicted molar refractivity (Wildman–Crippen MR) is 71.5 cm³/mol. The summed E-state index contributed by atoms with van der Waals surface area (Å²) in [6.07, 6.45) is 1.09. The third-order valence-electron chi connectivity index (χ3n) is 3.24. The van der Waals surface area contributed by atoms with Gasteiger partial charge in [0.2, 0.25) is 5.88 Å². The topological polar surface area (TPSA) is 70.5 Å². The molecule has 2 N–H and O–H groups in total. The number of nitrogen functional groups attached to an aromatic ring is 1. The van der Waals surface area contributed by atoms with E-state index in [-0.39, 0.29) is 5.88 Å². The first-order chi connectivity index (χ1) is 9.66. The Kier molecular flexibility index (Phi) is 3.22. The Labute approximate surface area is 115 Å². The van der Waals surface area contributed by atoms with Gasteiger partial charge in [-0.05, 0) is 30.2 Å². The van der Waals surface area contributed by atoms with E-state index in [0.29, 0.717) is 41.4 Å². The van der Waals surface area contributed by atoms with Crippen LogP contribution in [-0.2, 0) is 0 Å². The van der Waals surface area contributed by atoms with Crippen molar-refractivity contribution in [2.45, 2.75) is 19.5 Å². The van der Waals surface area contributed by atoms with E-state index >= 15 is 0 Å². The molecule has 2 aromatic rings. The van der Waals surface area contributed by atoms with E-state index in [9.17, 15) is 4.39 Å². The molecule has 1 aromatic carbocycles. The van der Waals surface area contributed by atoms with Crippen LogP contribution >= 0.6 is 0 Å². The monoisotopic (exact) mass is 278 g/mol. The largest absolute Gasteiger partial charge is 0.490 e. The second-order valence-electron chi connectivity index (χ2n) is 4.66. The van der Waals surface area contributed by atoms with E-state index in [4.69, 9.17) is 19.7 Å². The minimum Gasteiger partial charge on any atom is -0.490 e. The molecule has 5 nitrogen and oxygen atoms in total. The van der Waals surface area contributed by atoms with E-state index < -0.39 is 6.17 Å². The zero-order chi connectivity index (χ0) is 14.1. The summed E-state index contributed by atoms with van der Waals surface area (Å²) in [6.45, 7) is 2.59. The van der Waals surface area contributed by atoms with Crippen LogP contribution in [0.4, 0.5) is 10.3 Å². The molecule has 0 fully saturated rings. The highest BCUT2D eigenvalue weighted by atomic mass is 19.1. The fraction of sp³-hybridized carbons (Fsp3) is 0.357. The minimum atomic E-state index is -1.17. The molecule has 3 rings (SSSR count). The Hall–Kier alpha value is -2.24. The lowest BCUT2D eigenvalue weighted by atomic mass is 9.98. The third kappa shape index (κ3) is 2.17. The molecule has 106 valence electrons. The van der Waals surface area contributed by atoms with Gasteiger partial charge in [-0.1, -0.05) is 5.16 Å². The number of alkyl halides is 1. The Morgan fingerprint density at radius 2 is 1.90 bits per heavy atom. The summed E-state index contributed by atoms with van der Waals surface area (Å²) in [5.74, 6) is 1.30. The molecule has 1 unspecified atom stereocenters. The van der Waals surface area contributed by atoms with Gasteiger partial charge in [-0.2, -0.15) is 0 Å². The smallest absolute Gasteiger partial charge is 0.229 e. The van der Waals surface area contributed by atoms with Gasteiger partial charge >= 0.3 is 0 Å². The summed E-state index contributed by atoms with van der Waals surface area (Å²) >= 11 is 0. The number of hydrogen-bond acceptors (Lipinski definition) is 5. The van der Waals surface area contributed by atoms with Crippen LogP contribution in [0.5, 0.6) is 11.5 Å². The number of nitrogens with zero attached hydrogens (tertiary/aromatic N) is 1. The van der Waals surface area contributed by atoms with E-state index in [1.807, 2.05) is 0 Å². The van der Waals surface area contributed by atoms with Gasteiger partial charge in [-0.25, -0.2) is 4.39 Å². The summed E-state index contributed by atoms with van der Waals surface area (Å²) < 4.78 is 30.0. The number of aromatic nitrogens is 1. The van der Waals surface area contributed by atoms with Gasteiger partial charge in [0.05, 0.1) is 25.0 Å². The lowest BCUT2D eigenvalue weighted by Gasteiger charge is -2.14. The quantitative estimate of drug-likeness (QED) is 0.913. The van der Waals surface area contributed by atoms with Crippen LogP contribution in [0.1, 0.15) is 25.1 Å². The van der Waals surface area contributed by atoms with Crippen LogP contribution < -0.4 is 15.2 Å². The van der Waals surface area contributed by atoms with Crippen LogP contribution in [0.25, 0.3) is 11.1 Å². The van der Waals surface area contributed by atoms with Gasteiger partial charge in [0.1, 0.15) is 6.17 Å². The number of ether oxygens (including phenoxy) is 2. The van der Waals surface area contributed by atoms with Gasteiger partial charge < -0.3 is 19.7 Å². The van der Waals surface area contributed by atoms with E-state index in [2.05, 4.69) is 5.16 Å². The molecular weight excluding hydrogens is 263 g/mol. The Bertz CT molecular complexity index is 625. The maximum absolute atomic E-state index is 13.9. The summed E-state index contributed by atoms with van der Waals surface area (Å²) in [7, 11) is 0. The fourth-order valence-electron chi connectivity index (χ4n) is 2.24. The van der Waals surface area contributed by atoms with E-state index in [0.717, 1.165) is 6.42 Å². The van der Waals surface area contributed by atoms with Crippen LogP contribution in [0.3, 0.4) is 0 Å². The van der Waals surface area contributed by atoms with Gasteiger partial charge in [-0.3, -0.25) is 0 Å². The Balaban J connectivity index is 2.17. The number of benzene rings is 1. The summed E-state index contributed by atoms with van der Waals surface area (Å²) in [6, 6.07) is 3.39. The van der Waals surface area contributed by atoms with E-state index in [1.165, 1.54) is 13.1 Å². The molecule has 0 saturated carbocycles. The third-order valence-corrected chi connectivity index (χ3v) is 3.24.